The van der Waals surface area contributed by atoms with Gasteiger partial charge in [-0.15, -0.1) is 13.2 Å². The Labute approximate surface area is 110 Å². The van der Waals surface area contributed by atoms with E-state index in [9.17, 15) is 28.1 Å². The molecule has 0 saturated heterocycles. The fourth-order valence-corrected chi connectivity index (χ4v) is 1.51. The van der Waals surface area contributed by atoms with Gasteiger partial charge in [0.05, 0.1) is 8.49 Å². The zero-order valence-corrected chi connectivity index (χ0v) is 10.2. The van der Waals surface area contributed by atoms with Gasteiger partial charge in [0.25, 0.3) is 0 Å². The van der Waals surface area contributed by atoms with Crippen LogP contribution in [-0.2, 0) is 0 Å². The first kappa shape index (κ1) is 14.4. The Morgan fingerprint density at radius 3 is 2.50 bits per heavy atom. The topological polar surface area (TPSA) is 103 Å². The largest absolute Gasteiger partial charge is 0.573 e. The molecule has 0 unspecified atom stereocenters. The summed E-state index contributed by atoms with van der Waals surface area (Å²) in [6.07, 6.45) is -4.44. The molecule has 0 fully saturated rings. The smallest absolute Gasteiger partial charge is 0.476 e. The van der Waals surface area contributed by atoms with Crippen LogP contribution in [0, 0.1) is 13.7 Å². The van der Waals surface area contributed by atoms with Crippen molar-refractivity contribution in [3.8, 4) is 5.75 Å². The lowest BCUT2D eigenvalue weighted by atomic mass is 10.3. The molecule has 0 aromatic carbocycles. The summed E-state index contributed by atoms with van der Waals surface area (Å²) in [5.41, 5.74) is -2.47. The van der Waals surface area contributed by atoms with Crippen molar-refractivity contribution in [2.45, 2.75) is 6.36 Å². The SMILES string of the molecule is O=C(O)c1ncc(I)c(OC(F)(F)F)c1[N+](=O)[O-]. The van der Waals surface area contributed by atoms with E-state index < -0.39 is 34.4 Å². The predicted molar refractivity (Wildman–Crippen MR) is 57.3 cm³/mol. The number of halogens is 4. The number of nitro groups is 1. The molecule has 1 N–H and O–H groups in total. The first-order chi connectivity index (χ1) is 8.13. The van der Waals surface area contributed by atoms with Crippen LogP contribution in [0.4, 0.5) is 18.9 Å². The Morgan fingerprint density at radius 2 is 2.11 bits per heavy atom. The summed E-state index contributed by atoms with van der Waals surface area (Å²) in [5, 5.41) is 19.3. The highest BCUT2D eigenvalue weighted by Crippen LogP contribution is 2.37. The molecule has 0 radical (unpaired) electrons. The van der Waals surface area contributed by atoms with E-state index >= 15 is 0 Å². The molecule has 1 rings (SSSR count). The number of alkyl halides is 3. The van der Waals surface area contributed by atoms with Gasteiger partial charge in [0, 0.05) is 6.20 Å². The molecule has 1 aromatic heterocycles. The van der Waals surface area contributed by atoms with E-state index in [1.807, 2.05) is 0 Å². The number of hydrogen-bond acceptors (Lipinski definition) is 5. The van der Waals surface area contributed by atoms with E-state index in [-0.39, 0.29) is 3.57 Å². The molecule has 0 bridgehead atoms. The molecule has 0 amide bonds. The van der Waals surface area contributed by atoms with E-state index in [2.05, 4.69) is 9.72 Å². The van der Waals surface area contributed by atoms with Gasteiger partial charge in [0.15, 0.2) is 0 Å². The third-order valence-corrected chi connectivity index (χ3v) is 2.33. The van der Waals surface area contributed by atoms with Gasteiger partial charge in [-0.3, -0.25) is 10.1 Å². The summed E-state index contributed by atoms with van der Waals surface area (Å²) in [5.74, 6) is -3.02. The van der Waals surface area contributed by atoms with Crippen molar-refractivity contribution in [3.63, 3.8) is 0 Å². The average molecular weight is 378 g/mol. The normalized spacial score (nSPS) is 11.1. The number of pyridine rings is 1. The first-order valence-electron chi connectivity index (χ1n) is 3.95. The Kier molecular flexibility index (Phi) is 3.93. The molecule has 0 aliphatic heterocycles. The number of ether oxygens (including phenoxy) is 1. The molecular weight excluding hydrogens is 376 g/mol. The van der Waals surface area contributed by atoms with Crippen molar-refractivity contribution in [1.29, 1.82) is 0 Å². The summed E-state index contributed by atoms with van der Waals surface area (Å²) >= 11 is 1.31. The first-order valence-corrected chi connectivity index (χ1v) is 5.03. The van der Waals surface area contributed by atoms with Crippen LogP contribution in [0.2, 0.25) is 0 Å². The molecular formula is C7H2F3IN2O5. The molecule has 7 nitrogen and oxygen atoms in total. The summed E-state index contributed by atoms with van der Waals surface area (Å²) < 4.78 is 39.4. The van der Waals surface area contributed by atoms with Crippen LogP contribution in [-0.4, -0.2) is 27.3 Å². The number of hydrogen-bond donors (Lipinski definition) is 1. The van der Waals surface area contributed by atoms with E-state index in [1.165, 1.54) is 22.6 Å². The second-order valence-electron chi connectivity index (χ2n) is 2.74. The van der Waals surface area contributed by atoms with Gasteiger partial charge in [-0.05, 0) is 22.6 Å². The lowest BCUT2D eigenvalue weighted by Gasteiger charge is -2.11. The number of carbonyl (C=O) groups is 1. The highest BCUT2D eigenvalue weighted by molar-refractivity contribution is 14.1. The lowest BCUT2D eigenvalue weighted by Crippen LogP contribution is -2.20. The van der Waals surface area contributed by atoms with Crippen LogP contribution in [0.1, 0.15) is 10.5 Å². The van der Waals surface area contributed by atoms with Gasteiger partial charge in [-0.1, -0.05) is 0 Å². The molecule has 18 heavy (non-hydrogen) atoms. The zero-order valence-electron chi connectivity index (χ0n) is 8.06. The van der Waals surface area contributed by atoms with E-state index in [1.54, 1.807) is 0 Å². The highest BCUT2D eigenvalue weighted by Gasteiger charge is 2.38. The average Bonchev–Trinajstić information content (AvgIpc) is 2.17. The Hall–Kier alpha value is -1.66. The van der Waals surface area contributed by atoms with Crippen LogP contribution < -0.4 is 4.74 Å². The van der Waals surface area contributed by atoms with Crippen molar-refractivity contribution in [2.75, 3.05) is 0 Å². The number of carboxylic acids is 1. The number of carboxylic acid groups (broad SMARTS) is 1. The summed E-state index contributed by atoms with van der Waals surface area (Å²) in [6, 6.07) is 0. The molecule has 1 heterocycles. The third kappa shape index (κ3) is 3.18. The van der Waals surface area contributed by atoms with Crippen molar-refractivity contribution in [1.82, 2.24) is 4.98 Å². The minimum atomic E-state index is -5.18. The molecule has 1 aromatic rings. The monoisotopic (exact) mass is 378 g/mol. The molecule has 11 heteroatoms. The third-order valence-electron chi connectivity index (χ3n) is 1.57. The van der Waals surface area contributed by atoms with Gasteiger partial charge in [0.1, 0.15) is 0 Å². The van der Waals surface area contributed by atoms with Crippen LogP contribution in [0.25, 0.3) is 0 Å². The minimum Gasteiger partial charge on any atom is -0.476 e. The summed E-state index contributed by atoms with van der Waals surface area (Å²) in [4.78, 5) is 23.2. The molecule has 0 spiro atoms. The van der Waals surface area contributed by atoms with Gasteiger partial charge >= 0.3 is 18.0 Å². The van der Waals surface area contributed by atoms with Crippen molar-refractivity contribution in [2.24, 2.45) is 0 Å². The highest BCUT2D eigenvalue weighted by atomic mass is 127. The molecule has 0 saturated carbocycles. The van der Waals surface area contributed by atoms with Crippen LogP contribution in [0.5, 0.6) is 5.75 Å². The van der Waals surface area contributed by atoms with E-state index in [4.69, 9.17) is 5.11 Å². The number of nitrogens with zero attached hydrogens (tertiary/aromatic N) is 2. The maximum Gasteiger partial charge on any atom is 0.573 e. The quantitative estimate of drug-likeness (QED) is 0.492. The van der Waals surface area contributed by atoms with Crippen LogP contribution in [0.15, 0.2) is 6.20 Å². The maximum absolute atomic E-state index is 12.1. The second kappa shape index (κ2) is 4.91. The van der Waals surface area contributed by atoms with Gasteiger partial charge < -0.3 is 9.84 Å². The maximum atomic E-state index is 12.1. The van der Waals surface area contributed by atoms with E-state index in [0.29, 0.717) is 0 Å². The molecule has 0 aliphatic carbocycles. The van der Waals surface area contributed by atoms with Crippen LogP contribution in [0.3, 0.4) is 0 Å². The molecule has 0 atom stereocenters. The van der Waals surface area contributed by atoms with Gasteiger partial charge in [-0.25, -0.2) is 9.78 Å². The van der Waals surface area contributed by atoms with Gasteiger partial charge in [0.2, 0.25) is 11.4 Å². The lowest BCUT2D eigenvalue weighted by molar-refractivity contribution is -0.389. The fraction of sp³-hybridized carbons (Fsp3) is 0.143. The summed E-state index contributed by atoms with van der Waals surface area (Å²) in [6.45, 7) is 0. The number of aromatic carboxylic acids is 1. The predicted octanol–water partition coefficient (Wildman–Crippen LogP) is 2.19. The Morgan fingerprint density at radius 1 is 1.56 bits per heavy atom. The van der Waals surface area contributed by atoms with Gasteiger partial charge in [-0.2, -0.15) is 0 Å². The second-order valence-corrected chi connectivity index (χ2v) is 3.90. The molecule has 98 valence electrons. The fourth-order valence-electron chi connectivity index (χ4n) is 1.00. The van der Waals surface area contributed by atoms with Crippen LogP contribution >= 0.6 is 22.6 Å². The number of aromatic nitrogens is 1. The van der Waals surface area contributed by atoms with E-state index in [0.717, 1.165) is 6.20 Å². The zero-order chi connectivity index (χ0) is 14.1. The molecule has 0 aliphatic rings. The standard InChI is InChI=1S/C7H2F3IN2O5/c8-7(9,10)18-5-2(11)1-12-3(6(14)15)4(5)13(16)17/h1H,(H,14,15). The van der Waals surface area contributed by atoms with Crippen molar-refractivity contribution in [3.05, 3.63) is 25.6 Å². The Bertz CT molecular complexity index is 519. The number of rotatable bonds is 3. The Balaban J connectivity index is 3.51. The summed E-state index contributed by atoms with van der Waals surface area (Å²) in [7, 11) is 0. The minimum absolute atomic E-state index is 0.332. The van der Waals surface area contributed by atoms with Crippen molar-refractivity contribution < 1.29 is 32.7 Å². The van der Waals surface area contributed by atoms with Crippen molar-refractivity contribution >= 4 is 34.2 Å².